The molecule has 54 valence electrons. The van der Waals surface area contributed by atoms with Crippen molar-refractivity contribution < 1.29 is 18.7 Å². The van der Waals surface area contributed by atoms with Crippen LogP contribution in [0, 0.1) is 5.92 Å². The molecule has 2 nitrogen and oxygen atoms in total. The number of carbonyl (C=O) groups is 1. The fraction of sp³-hybridized carbons (Fsp3) is 0.800. The van der Waals surface area contributed by atoms with E-state index in [-0.39, 0.29) is 0 Å². The molecule has 0 bridgehead atoms. The van der Waals surface area contributed by atoms with E-state index < -0.39 is 24.7 Å². The third-order valence-corrected chi connectivity index (χ3v) is 0.979. The van der Waals surface area contributed by atoms with E-state index in [1.807, 2.05) is 0 Å². The molecule has 1 N–H and O–H groups in total. The van der Waals surface area contributed by atoms with E-state index >= 15 is 0 Å². The van der Waals surface area contributed by atoms with E-state index in [0.29, 0.717) is 0 Å². The van der Waals surface area contributed by atoms with Crippen LogP contribution < -0.4 is 0 Å². The number of carboxylic acids is 1. The minimum Gasteiger partial charge on any atom is -0.479 e. The van der Waals surface area contributed by atoms with Gasteiger partial charge in [0.05, 0.1) is 6.67 Å². The Morgan fingerprint density at radius 1 is 1.78 bits per heavy atom. The molecule has 9 heavy (non-hydrogen) atoms. The molecule has 0 amide bonds. The predicted octanol–water partition coefficient (Wildman–Crippen LogP) is 1.01. The van der Waals surface area contributed by atoms with Crippen molar-refractivity contribution in [3.63, 3.8) is 0 Å². The van der Waals surface area contributed by atoms with Gasteiger partial charge in [0, 0.05) is 5.92 Å². The zero-order valence-electron chi connectivity index (χ0n) is 4.97. The summed E-state index contributed by atoms with van der Waals surface area (Å²) in [6.07, 6.45) is -2.07. The normalized spacial score (nSPS) is 16.8. The first kappa shape index (κ1) is 8.33. The largest absolute Gasteiger partial charge is 0.479 e. The molecule has 0 radical (unpaired) electrons. The van der Waals surface area contributed by atoms with Gasteiger partial charge >= 0.3 is 5.97 Å². The maximum Gasteiger partial charge on any atom is 0.338 e. The van der Waals surface area contributed by atoms with Crippen LogP contribution in [-0.2, 0) is 4.79 Å². The minimum absolute atomic E-state index is 0.937. The Bertz CT molecular complexity index is 105. The smallest absolute Gasteiger partial charge is 0.338 e. The molecule has 0 heterocycles. The van der Waals surface area contributed by atoms with E-state index in [2.05, 4.69) is 0 Å². The van der Waals surface area contributed by atoms with Crippen LogP contribution in [-0.4, -0.2) is 23.9 Å². The van der Waals surface area contributed by atoms with Crippen LogP contribution in [0.2, 0.25) is 0 Å². The molecule has 0 aromatic carbocycles. The Morgan fingerprint density at radius 3 is 2.33 bits per heavy atom. The summed E-state index contributed by atoms with van der Waals surface area (Å²) in [6, 6.07) is 0. The van der Waals surface area contributed by atoms with Crippen molar-refractivity contribution in [1.82, 2.24) is 0 Å². The van der Waals surface area contributed by atoms with Crippen LogP contribution in [0.15, 0.2) is 0 Å². The van der Waals surface area contributed by atoms with Crippen LogP contribution >= 0.6 is 0 Å². The van der Waals surface area contributed by atoms with Gasteiger partial charge in [-0.15, -0.1) is 0 Å². The summed E-state index contributed by atoms with van der Waals surface area (Å²) in [5, 5.41) is 7.94. The summed E-state index contributed by atoms with van der Waals surface area (Å²) in [6.45, 7) is 0.270. The van der Waals surface area contributed by atoms with Crippen molar-refractivity contribution in [2.75, 3.05) is 6.67 Å². The number of rotatable bonds is 3. The van der Waals surface area contributed by atoms with Gasteiger partial charge in [0.2, 0.25) is 6.17 Å². The SMILES string of the molecule is CC(CF)C(F)C(=O)O. The minimum atomic E-state index is -2.07. The summed E-state index contributed by atoms with van der Waals surface area (Å²) < 4.78 is 23.6. The lowest BCUT2D eigenvalue weighted by atomic mass is 10.1. The molecule has 2 unspecified atom stereocenters. The Morgan fingerprint density at radius 2 is 2.22 bits per heavy atom. The van der Waals surface area contributed by atoms with E-state index in [1.165, 1.54) is 6.92 Å². The third kappa shape index (κ3) is 2.39. The van der Waals surface area contributed by atoms with E-state index in [1.54, 1.807) is 0 Å². The molecule has 4 heteroatoms. The first-order valence-corrected chi connectivity index (χ1v) is 2.52. The molecule has 0 spiro atoms. The van der Waals surface area contributed by atoms with E-state index in [9.17, 15) is 13.6 Å². The topological polar surface area (TPSA) is 37.3 Å². The van der Waals surface area contributed by atoms with Crippen molar-refractivity contribution in [2.24, 2.45) is 5.92 Å². The van der Waals surface area contributed by atoms with Crippen LogP contribution in [0.4, 0.5) is 8.78 Å². The quantitative estimate of drug-likeness (QED) is 0.632. The Labute approximate surface area is 51.5 Å². The molecule has 0 saturated heterocycles. The average Bonchev–Trinajstić information content (AvgIpc) is 1.84. The standard InChI is InChI=1S/C5H8F2O2/c1-3(2-6)4(7)5(8)9/h3-4H,2H2,1H3,(H,8,9). The number of aliphatic carboxylic acids is 1. The van der Waals surface area contributed by atoms with Crippen LogP contribution in [0.3, 0.4) is 0 Å². The molecule has 0 aliphatic carbocycles. The first-order valence-electron chi connectivity index (χ1n) is 2.52. The molecular formula is C5H8F2O2. The summed E-state index contributed by atoms with van der Waals surface area (Å²) in [4.78, 5) is 9.76. The number of carboxylic acid groups (broad SMARTS) is 1. The maximum absolute atomic E-state index is 12.1. The summed E-state index contributed by atoms with van der Waals surface area (Å²) in [7, 11) is 0. The lowest BCUT2D eigenvalue weighted by Crippen LogP contribution is -2.24. The maximum atomic E-state index is 12.1. The third-order valence-electron chi connectivity index (χ3n) is 0.979. The molecular weight excluding hydrogens is 130 g/mol. The lowest BCUT2D eigenvalue weighted by Gasteiger charge is -2.06. The van der Waals surface area contributed by atoms with Gasteiger partial charge in [-0.3, -0.25) is 4.39 Å². The van der Waals surface area contributed by atoms with Gasteiger partial charge in [-0.05, 0) is 0 Å². The molecule has 0 aliphatic rings. The van der Waals surface area contributed by atoms with Crippen molar-refractivity contribution in [3.8, 4) is 0 Å². The molecule has 0 aromatic rings. The average molecular weight is 138 g/mol. The highest BCUT2D eigenvalue weighted by molar-refractivity contribution is 5.72. The Balaban J connectivity index is 3.72. The van der Waals surface area contributed by atoms with Gasteiger partial charge < -0.3 is 5.11 Å². The Hall–Kier alpha value is -0.670. The van der Waals surface area contributed by atoms with Gasteiger partial charge in [-0.2, -0.15) is 0 Å². The summed E-state index contributed by atoms with van der Waals surface area (Å²) >= 11 is 0. The van der Waals surface area contributed by atoms with Gasteiger partial charge in [0.15, 0.2) is 0 Å². The van der Waals surface area contributed by atoms with Crippen LogP contribution in [0.1, 0.15) is 6.92 Å². The molecule has 0 aromatic heterocycles. The lowest BCUT2D eigenvalue weighted by molar-refractivity contribution is -0.144. The van der Waals surface area contributed by atoms with Crippen LogP contribution in [0.25, 0.3) is 0 Å². The molecule has 0 aliphatic heterocycles. The van der Waals surface area contributed by atoms with Crippen molar-refractivity contribution >= 4 is 5.97 Å². The number of alkyl halides is 2. The summed E-state index contributed by atoms with van der Waals surface area (Å²) in [5.41, 5.74) is 0. The van der Waals surface area contributed by atoms with Crippen molar-refractivity contribution in [1.29, 1.82) is 0 Å². The van der Waals surface area contributed by atoms with Crippen molar-refractivity contribution in [2.45, 2.75) is 13.1 Å². The van der Waals surface area contributed by atoms with Gasteiger partial charge in [-0.25, -0.2) is 9.18 Å². The molecule has 0 rings (SSSR count). The highest BCUT2D eigenvalue weighted by Gasteiger charge is 2.23. The fourth-order valence-corrected chi connectivity index (χ4v) is 0.322. The first-order chi connectivity index (χ1) is 4.09. The fourth-order valence-electron chi connectivity index (χ4n) is 0.322. The van der Waals surface area contributed by atoms with E-state index in [0.717, 1.165) is 0 Å². The van der Waals surface area contributed by atoms with Gasteiger partial charge in [0.1, 0.15) is 0 Å². The second-order valence-corrected chi connectivity index (χ2v) is 1.87. The predicted molar refractivity (Wildman–Crippen MR) is 27.7 cm³/mol. The zero-order chi connectivity index (χ0) is 7.44. The second kappa shape index (κ2) is 3.37. The number of hydrogen-bond donors (Lipinski definition) is 1. The van der Waals surface area contributed by atoms with Crippen LogP contribution in [0.5, 0.6) is 0 Å². The monoisotopic (exact) mass is 138 g/mol. The van der Waals surface area contributed by atoms with Gasteiger partial charge in [-0.1, -0.05) is 6.92 Å². The molecule has 0 saturated carbocycles. The zero-order valence-corrected chi connectivity index (χ0v) is 4.97. The van der Waals surface area contributed by atoms with E-state index in [4.69, 9.17) is 5.11 Å². The second-order valence-electron chi connectivity index (χ2n) is 1.87. The molecule has 2 atom stereocenters. The Kier molecular flexibility index (Phi) is 3.12. The van der Waals surface area contributed by atoms with Crippen molar-refractivity contribution in [3.05, 3.63) is 0 Å². The number of hydrogen-bond acceptors (Lipinski definition) is 1. The molecule has 0 fully saturated rings. The highest BCUT2D eigenvalue weighted by Crippen LogP contribution is 2.07. The number of halogens is 2. The summed E-state index contributed by atoms with van der Waals surface area (Å²) in [5.74, 6) is -2.64. The van der Waals surface area contributed by atoms with Gasteiger partial charge in [0.25, 0.3) is 0 Å². The highest BCUT2D eigenvalue weighted by atomic mass is 19.1.